The summed E-state index contributed by atoms with van der Waals surface area (Å²) in [7, 11) is 0. The Hall–Kier alpha value is -1.84. The van der Waals surface area contributed by atoms with E-state index in [0.717, 1.165) is 39.1 Å². The van der Waals surface area contributed by atoms with Crippen LogP contribution in [0.5, 0.6) is 0 Å². The fourth-order valence-electron chi connectivity index (χ4n) is 3.95. The van der Waals surface area contributed by atoms with Crippen molar-refractivity contribution in [3.8, 4) is 0 Å². The van der Waals surface area contributed by atoms with E-state index in [0.29, 0.717) is 6.04 Å². The SMILES string of the molecule is NCCN1CCN2c3ccccc3Cc3ccccc3[C@@H]2C1. The Morgan fingerprint density at radius 1 is 0.955 bits per heavy atom. The number of para-hydroxylation sites is 1. The summed E-state index contributed by atoms with van der Waals surface area (Å²) < 4.78 is 0. The Kier molecular flexibility index (Phi) is 3.60. The predicted molar refractivity (Wildman–Crippen MR) is 91.3 cm³/mol. The monoisotopic (exact) mass is 293 g/mol. The van der Waals surface area contributed by atoms with Gasteiger partial charge in [0.2, 0.25) is 0 Å². The molecule has 0 amide bonds. The lowest BCUT2D eigenvalue weighted by atomic mass is 9.96. The standard InChI is InChI=1S/C19H23N3/c20-9-10-21-11-12-22-18-8-4-2-6-16(18)13-15-5-1-3-7-17(15)19(22)14-21/h1-8,19H,9-14,20H2/t19-/m0/s1. The number of nitrogens with two attached hydrogens (primary N) is 1. The largest absolute Gasteiger partial charge is 0.362 e. The van der Waals surface area contributed by atoms with Crippen molar-refractivity contribution in [2.24, 2.45) is 5.73 Å². The Morgan fingerprint density at radius 2 is 1.73 bits per heavy atom. The summed E-state index contributed by atoms with van der Waals surface area (Å²) in [5.41, 5.74) is 11.6. The molecule has 2 aromatic carbocycles. The summed E-state index contributed by atoms with van der Waals surface area (Å²) in [5.74, 6) is 0. The van der Waals surface area contributed by atoms with Crippen molar-refractivity contribution in [3.63, 3.8) is 0 Å². The molecule has 0 radical (unpaired) electrons. The maximum atomic E-state index is 5.77. The molecule has 0 bridgehead atoms. The van der Waals surface area contributed by atoms with E-state index in [-0.39, 0.29) is 0 Å². The highest BCUT2D eigenvalue weighted by Crippen LogP contribution is 2.38. The van der Waals surface area contributed by atoms with Crippen LogP contribution in [0.1, 0.15) is 22.7 Å². The zero-order chi connectivity index (χ0) is 14.9. The fourth-order valence-corrected chi connectivity index (χ4v) is 3.95. The second-order valence-electron chi connectivity index (χ2n) is 6.30. The van der Waals surface area contributed by atoms with Gasteiger partial charge in [-0.05, 0) is 29.2 Å². The molecule has 0 aliphatic carbocycles. The Morgan fingerprint density at radius 3 is 2.59 bits per heavy atom. The number of hydrogen-bond donors (Lipinski definition) is 1. The third-order valence-corrected chi connectivity index (χ3v) is 5.01. The Labute approximate surface area is 132 Å². The molecule has 114 valence electrons. The summed E-state index contributed by atoms with van der Waals surface area (Å²) in [6, 6.07) is 18.3. The quantitative estimate of drug-likeness (QED) is 0.923. The smallest absolute Gasteiger partial charge is 0.0672 e. The molecule has 4 rings (SSSR count). The fraction of sp³-hybridized carbons (Fsp3) is 0.368. The van der Waals surface area contributed by atoms with Crippen molar-refractivity contribution in [1.82, 2.24) is 4.90 Å². The van der Waals surface area contributed by atoms with Gasteiger partial charge in [0.05, 0.1) is 6.04 Å². The molecule has 3 nitrogen and oxygen atoms in total. The summed E-state index contributed by atoms with van der Waals surface area (Å²) in [4.78, 5) is 5.11. The molecule has 2 aromatic rings. The van der Waals surface area contributed by atoms with E-state index in [1.807, 2.05) is 0 Å². The Bertz CT molecular complexity index is 667. The van der Waals surface area contributed by atoms with E-state index >= 15 is 0 Å². The van der Waals surface area contributed by atoms with Crippen LogP contribution in [0.15, 0.2) is 48.5 Å². The van der Waals surface area contributed by atoms with Crippen molar-refractivity contribution in [1.29, 1.82) is 0 Å². The first kappa shape index (κ1) is 13.8. The first-order valence-corrected chi connectivity index (χ1v) is 8.21. The minimum atomic E-state index is 0.445. The highest BCUT2D eigenvalue weighted by molar-refractivity contribution is 5.60. The predicted octanol–water partition coefficient (Wildman–Crippen LogP) is 2.41. The molecule has 2 aliphatic heterocycles. The lowest BCUT2D eigenvalue weighted by molar-refractivity contribution is 0.229. The topological polar surface area (TPSA) is 32.5 Å². The van der Waals surface area contributed by atoms with Crippen LogP contribution < -0.4 is 10.6 Å². The van der Waals surface area contributed by atoms with Gasteiger partial charge in [0.1, 0.15) is 0 Å². The van der Waals surface area contributed by atoms with Gasteiger partial charge in [0, 0.05) is 38.4 Å². The molecule has 1 saturated heterocycles. The summed E-state index contributed by atoms with van der Waals surface area (Å²) >= 11 is 0. The second-order valence-corrected chi connectivity index (χ2v) is 6.30. The van der Waals surface area contributed by atoms with Crippen LogP contribution >= 0.6 is 0 Å². The van der Waals surface area contributed by atoms with Crippen LogP contribution in [-0.4, -0.2) is 37.6 Å². The third kappa shape index (κ3) is 2.31. The first-order valence-electron chi connectivity index (χ1n) is 8.21. The Balaban J connectivity index is 1.80. The highest BCUT2D eigenvalue weighted by atomic mass is 15.3. The van der Waals surface area contributed by atoms with Crippen molar-refractivity contribution in [2.75, 3.05) is 37.6 Å². The van der Waals surface area contributed by atoms with Crippen molar-refractivity contribution in [2.45, 2.75) is 12.5 Å². The molecule has 22 heavy (non-hydrogen) atoms. The summed E-state index contributed by atoms with van der Waals surface area (Å²) in [6.07, 6.45) is 1.04. The summed E-state index contributed by atoms with van der Waals surface area (Å²) in [5, 5.41) is 0. The second kappa shape index (κ2) is 5.75. The summed E-state index contributed by atoms with van der Waals surface area (Å²) in [6.45, 7) is 4.99. The number of fused-ring (bicyclic) bond motifs is 5. The average Bonchev–Trinajstić information content (AvgIpc) is 2.69. The van der Waals surface area contributed by atoms with Gasteiger partial charge in [-0.25, -0.2) is 0 Å². The molecule has 0 aromatic heterocycles. The van der Waals surface area contributed by atoms with Gasteiger partial charge in [-0.3, -0.25) is 4.90 Å². The number of rotatable bonds is 2. The van der Waals surface area contributed by atoms with Crippen LogP contribution in [0.25, 0.3) is 0 Å². The maximum Gasteiger partial charge on any atom is 0.0672 e. The molecule has 2 heterocycles. The van der Waals surface area contributed by atoms with Crippen molar-refractivity contribution in [3.05, 3.63) is 65.2 Å². The average molecular weight is 293 g/mol. The van der Waals surface area contributed by atoms with Gasteiger partial charge in [-0.1, -0.05) is 42.5 Å². The molecule has 2 aliphatic rings. The molecule has 3 heteroatoms. The van der Waals surface area contributed by atoms with Gasteiger partial charge in [-0.2, -0.15) is 0 Å². The maximum absolute atomic E-state index is 5.77. The van der Waals surface area contributed by atoms with Gasteiger partial charge < -0.3 is 10.6 Å². The normalized spacial score (nSPS) is 20.8. The zero-order valence-corrected chi connectivity index (χ0v) is 12.9. The van der Waals surface area contributed by atoms with Crippen LogP contribution in [-0.2, 0) is 6.42 Å². The van der Waals surface area contributed by atoms with Crippen LogP contribution in [0, 0.1) is 0 Å². The van der Waals surface area contributed by atoms with Gasteiger partial charge >= 0.3 is 0 Å². The molecule has 1 atom stereocenters. The lowest BCUT2D eigenvalue weighted by Gasteiger charge is -2.43. The van der Waals surface area contributed by atoms with E-state index in [4.69, 9.17) is 5.73 Å². The number of piperazine rings is 1. The first-order chi connectivity index (χ1) is 10.9. The number of benzene rings is 2. The van der Waals surface area contributed by atoms with Crippen molar-refractivity contribution < 1.29 is 0 Å². The molecule has 2 N–H and O–H groups in total. The highest BCUT2D eigenvalue weighted by Gasteiger charge is 2.32. The zero-order valence-electron chi connectivity index (χ0n) is 12.9. The molecule has 0 spiro atoms. The van der Waals surface area contributed by atoms with E-state index in [1.54, 1.807) is 0 Å². The van der Waals surface area contributed by atoms with E-state index in [2.05, 4.69) is 58.3 Å². The number of nitrogens with zero attached hydrogens (tertiary/aromatic N) is 2. The van der Waals surface area contributed by atoms with Crippen molar-refractivity contribution >= 4 is 5.69 Å². The lowest BCUT2D eigenvalue weighted by Crippen LogP contribution is -2.49. The molecular formula is C19H23N3. The minimum Gasteiger partial charge on any atom is -0.362 e. The van der Waals surface area contributed by atoms with Crippen LogP contribution in [0.4, 0.5) is 5.69 Å². The molecule has 0 saturated carbocycles. The van der Waals surface area contributed by atoms with E-state index in [9.17, 15) is 0 Å². The van der Waals surface area contributed by atoms with Gasteiger partial charge in [-0.15, -0.1) is 0 Å². The van der Waals surface area contributed by atoms with E-state index in [1.165, 1.54) is 22.4 Å². The molecule has 1 fully saturated rings. The number of anilines is 1. The molecule has 0 unspecified atom stereocenters. The van der Waals surface area contributed by atoms with E-state index < -0.39 is 0 Å². The third-order valence-electron chi connectivity index (χ3n) is 5.01. The minimum absolute atomic E-state index is 0.445. The van der Waals surface area contributed by atoms with Gasteiger partial charge in [0.25, 0.3) is 0 Å². The van der Waals surface area contributed by atoms with Crippen LogP contribution in [0.3, 0.4) is 0 Å². The van der Waals surface area contributed by atoms with Gasteiger partial charge in [0.15, 0.2) is 0 Å². The number of hydrogen-bond acceptors (Lipinski definition) is 3. The molecular weight excluding hydrogens is 270 g/mol. The van der Waals surface area contributed by atoms with Crippen LogP contribution in [0.2, 0.25) is 0 Å².